The van der Waals surface area contributed by atoms with Crippen LogP contribution in [0.1, 0.15) is 16.7 Å². The van der Waals surface area contributed by atoms with Gasteiger partial charge in [0.25, 0.3) is 0 Å². The Morgan fingerprint density at radius 2 is 1.56 bits per heavy atom. The van der Waals surface area contributed by atoms with E-state index < -0.39 is 0 Å². The molecule has 0 saturated carbocycles. The Balaban J connectivity index is 2.00. The quantitative estimate of drug-likeness (QED) is 0.572. The van der Waals surface area contributed by atoms with Crippen LogP contribution in [0.2, 0.25) is 0 Å². The normalized spacial score (nSPS) is 11.4. The molecule has 1 aromatic heterocycles. The molecular formula is C17H14S. The maximum absolute atomic E-state index is 2.22. The van der Waals surface area contributed by atoms with Crippen molar-refractivity contribution in [1.29, 1.82) is 0 Å². The van der Waals surface area contributed by atoms with Gasteiger partial charge in [-0.3, -0.25) is 0 Å². The van der Waals surface area contributed by atoms with Crippen LogP contribution in [0.15, 0.2) is 53.9 Å². The van der Waals surface area contributed by atoms with Crippen molar-refractivity contribution in [3.63, 3.8) is 0 Å². The summed E-state index contributed by atoms with van der Waals surface area (Å²) < 4.78 is 1.35. The minimum atomic E-state index is 1.28. The van der Waals surface area contributed by atoms with Crippen LogP contribution in [-0.2, 0) is 0 Å². The highest BCUT2D eigenvalue weighted by Gasteiger charge is 1.99. The molecule has 1 heterocycles. The first-order chi connectivity index (χ1) is 8.84. The van der Waals surface area contributed by atoms with Crippen molar-refractivity contribution >= 4 is 33.6 Å². The molecular weight excluding hydrogens is 236 g/mol. The Labute approximate surface area is 111 Å². The number of rotatable bonds is 2. The molecule has 0 fully saturated rings. The summed E-state index contributed by atoms with van der Waals surface area (Å²) in [5.41, 5.74) is 3.90. The summed E-state index contributed by atoms with van der Waals surface area (Å²) >= 11 is 1.80. The molecule has 88 valence electrons. The monoisotopic (exact) mass is 250 g/mol. The van der Waals surface area contributed by atoms with E-state index in [1.54, 1.807) is 11.3 Å². The summed E-state index contributed by atoms with van der Waals surface area (Å²) in [7, 11) is 0. The second-order valence-corrected chi connectivity index (χ2v) is 5.29. The average molecular weight is 250 g/mol. The fourth-order valence-corrected chi connectivity index (χ4v) is 3.01. The SMILES string of the molecule is Cc1ccccc1/C=C\c1csc2ccccc12. The van der Waals surface area contributed by atoms with Gasteiger partial charge in [0.2, 0.25) is 0 Å². The average Bonchev–Trinajstić information content (AvgIpc) is 2.81. The molecule has 0 nitrogen and oxygen atoms in total. The van der Waals surface area contributed by atoms with E-state index >= 15 is 0 Å². The fourth-order valence-electron chi connectivity index (χ4n) is 2.08. The van der Waals surface area contributed by atoms with E-state index in [9.17, 15) is 0 Å². The van der Waals surface area contributed by atoms with E-state index in [2.05, 4.69) is 73.0 Å². The standard InChI is InChI=1S/C17H14S/c1-13-6-2-3-7-14(13)10-11-15-12-18-17-9-5-4-8-16(15)17/h2-12H,1H3/b11-10-. The summed E-state index contributed by atoms with van der Waals surface area (Å²) in [6.07, 6.45) is 4.41. The minimum Gasteiger partial charge on any atom is -0.143 e. The lowest BCUT2D eigenvalue weighted by Crippen LogP contribution is -1.77. The summed E-state index contributed by atoms with van der Waals surface area (Å²) in [5.74, 6) is 0. The van der Waals surface area contributed by atoms with Crippen molar-refractivity contribution in [2.45, 2.75) is 6.92 Å². The zero-order valence-electron chi connectivity index (χ0n) is 10.3. The van der Waals surface area contributed by atoms with Crippen LogP contribution in [0.3, 0.4) is 0 Å². The maximum atomic E-state index is 2.22. The summed E-state index contributed by atoms with van der Waals surface area (Å²) in [4.78, 5) is 0. The zero-order valence-corrected chi connectivity index (χ0v) is 11.1. The topological polar surface area (TPSA) is 0 Å². The third kappa shape index (κ3) is 2.09. The highest BCUT2D eigenvalue weighted by Crippen LogP contribution is 2.27. The molecule has 0 N–H and O–H groups in total. The molecule has 0 atom stereocenters. The molecule has 0 saturated heterocycles. The molecule has 0 amide bonds. The third-order valence-electron chi connectivity index (χ3n) is 3.14. The molecule has 0 aliphatic rings. The molecule has 2 aromatic carbocycles. The first kappa shape index (κ1) is 11.2. The lowest BCUT2D eigenvalue weighted by atomic mass is 10.1. The molecule has 0 aliphatic carbocycles. The molecule has 18 heavy (non-hydrogen) atoms. The molecule has 0 unspecified atom stereocenters. The van der Waals surface area contributed by atoms with E-state index in [1.165, 1.54) is 26.8 Å². The number of thiophene rings is 1. The Bertz CT molecular complexity index is 704. The molecule has 0 bridgehead atoms. The number of aryl methyl sites for hydroxylation is 1. The van der Waals surface area contributed by atoms with Gasteiger partial charge in [-0.2, -0.15) is 0 Å². The van der Waals surface area contributed by atoms with E-state index in [4.69, 9.17) is 0 Å². The molecule has 0 radical (unpaired) electrons. The van der Waals surface area contributed by atoms with Crippen molar-refractivity contribution in [2.75, 3.05) is 0 Å². The van der Waals surface area contributed by atoms with Crippen LogP contribution in [0, 0.1) is 6.92 Å². The molecule has 3 aromatic rings. The van der Waals surface area contributed by atoms with Crippen LogP contribution in [0.25, 0.3) is 22.2 Å². The van der Waals surface area contributed by atoms with E-state index in [0.29, 0.717) is 0 Å². The first-order valence-corrected chi connectivity index (χ1v) is 6.92. The molecule has 0 aliphatic heterocycles. The van der Waals surface area contributed by atoms with Crippen LogP contribution >= 0.6 is 11.3 Å². The molecule has 0 spiro atoms. The Morgan fingerprint density at radius 1 is 0.833 bits per heavy atom. The van der Waals surface area contributed by atoms with Gasteiger partial charge in [0, 0.05) is 4.70 Å². The van der Waals surface area contributed by atoms with Crippen molar-refractivity contribution in [3.05, 3.63) is 70.6 Å². The predicted molar refractivity (Wildman–Crippen MR) is 81.9 cm³/mol. The van der Waals surface area contributed by atoms with Crippen LogP contribution < -0.4 is 0 Å². The third-order valence-corrected chi connectivity index (χ3v) is 4.12. The largest absolute Gasteiger partial charge is 0.143 e. The minimum absolute atomic E-state index is 1.28. The van der Waals surface area contributed by atoms with Crippen molar-refractivity contribution < 1.29 is 0 Å². The Hall–Kier alpha value is -1.86. The predicted octanol–water partition coefficient (Wildman–Crippen LogP) is 5.38. The van der Waals surface area contributed by atoms with Gasteiger partial charge >= 0.3 is 0 Å². The first-order valence-electron chi connectivity index (χ1n) is 6.04. The van der Waals surface area contributed by atoms with Gasteiger partial charge < -0.3 is 0 Å². The summed E-state index contributed by atoms with van der Waals surface area (Å²) in [6.45, 7) is 2.14. The van der Waals surface area contributed by atoms with E-state index in [0.717, 1.165) is 0 Å². The van der Waals surface area contributed by atoms with Gasteiger partial charge in [-0.25, -0.2) is 0 Å². The van der Waals surface area contributed by atoms with Gasteiger partial charge in [-0.1, -0.05) is 54.6 Å². The van der Waals surface area contributed by atoms with Crippen LogP contribution in [0.5, 0.6) is 0 Å². The number of hydrogen-bond donors (Lipinski definition) is 0. The summed E-state index contributed by atoms with van der Waals surface area (Å²) in [5, 5.41) is 3.56. The number of benzene rings is 2. The highest BCUT2D eigenvalue weighted by atomic mass is 32.1. The Morgan fingerprint density at radius 3 is 2.44 bits per heavy atom. The molecule has 3 rings (SSSR count). The lowest BCUT2D eigenvalue weighted by molar-refractivity contribution is 1.45. The van der Waals surface area contributed by atoms with Gasteiger partial charge in [-0.05, 0) is 40.4 Å². The van der Waals surface area contributed by atoms with Gasteiger partial charge in [0.05, 0.1) is 0 Å². The maximum Gasteiger partial charge on any atom is 0.0348 e. The fraction of sp³-hybridized carbons (Fsp3) is 0.0588. The smallest absolute Gasteiger partial charge is 0.0348 e. The lowest BCUT2D eigenvalue weighted by Gasteiger charge is -1.98. The van der Waals surface area contributed by atoms with Gasteiger partial charge in [-0.15, -0.1) is 11.3 Å². The summed E-state index contributed by atoms with van der Waals surface area (Å²) in [6, 6.07) is 17.0. The van der Waals surface area contributed by atoms with Gasteiger partial charge in [0.1, 0.15) is 0 Å². The second kappa shape index (κ2) is 4.79. The number of fused-ring (bicyclic) bond motifs is 1. The second-order valence-electron chi connectivity index (χ2n) is 4.38. The number of hydrogen-bond acceptors (Lipinski definition) is 1. The van der Waals surface area contributed by atoms with Crippen LogP contribution in [-0.4, -0.2) is 0 Å². The Kier molecular flexibility index (Phi) is 2.99. The zero-order chi connectivity index (χ0) is 12.4. The van der Waals surface area contributed by atoms with Gasteiger partial charge in [0.15, 0.2) is 0 Å². The highest BCUT2D eigenvalue weighted by molar-refractivity contribution is 7.17. The van der Waals surface area contributed by atoms with Crippen molar-refractivity contribution in [3.8, 4) is 0 Å². The van der Waals surface area contributed by atoms with Crippen molar-refractivity contribution in [2.24, 2.45) is 0 Å². The van der Waals surface area contributed by atoms with E-state index in [1.807, 2.05) is 0 Å². The van der Waals surface area contributed by atoms with E-state index in [-0.39, 0.29) is 0 Å². The molecule has 1 heteroatoms. The van der Waals surface area contributed by atoms with Crippen LogP contribution in [0.4, 0.5) is 0 Å². The van der Waals surface area contributed by atoms with Crippen molar-refractivity contribution in [1.82, 2.24) is 0 Å².